The van der Waals surface area contributed by atoms with Gasteiger partial charge in [0.25, 0.3) is 0 Å². The summed E-state index contributed by atoms with van der Waals surface area (Å²) in [6.45, 7) is 7.00. The van der Waals surface area contributed by atoms with Crippen LogP contribution in [0, 0.1) is 0 Å². The molecule has 0 atom stereocenters. The molecule has 0 saturated carbocycles. The first kappa shape index (κ1) is 9.43. The number of thiazole rings is 1. The van der Waals surface area contributed by atoms with Crippen LogP contribution in [-0.4, -0.2) is 11.5 Å². The smallest absolute Gasteiger partial charge is 0.136 e. The summed E-state index contributed by atoms with van der Waals surface area (Å²) in [4.78, 5) is 4.01. The number of aromatic nitrogens is 1. The van der Waals surface area contributed by atoms with Crippen molar-refractivity contribution >= 4 is 17.2 Å². The molecule has 0 radical (unpaired) electrons. The summed E-state index contributed by atoms with van der Waals surface area (Å²) < 4.78 is 0. The first-order chi connectivity index (χ1) is 4.93. The monoisotopic (exact) mass is 158 g/mol. The maximum absolute atomic E-state index is 4.01. The third kappa shape index (κ3) is 3.45. The SMILES string of the molecule is CC.CCNc1cscn1. The van der Waals surface area contributed by atoms with E-state index in [1.54, 1.807) is 11.3 Å². The van der Waals surface area contributed by atoms with Crippen LogP contribution in [0.1, 0.15) is 20.8 Å². The fourth-order valence-corrected chi connectivity index (χ4v) is 0.989. The van der Waals surface area contributed by atoms with Gasteiger partial charge in [-0.05, 0) is 6.92 Å². The second kappa shape index (κ2) is 6.55. The molecule has 58 valence electrons. The van der Waals surface area contributed by atoms with E-state index in [1.165, 1.54) is 0 Å². The van der Waals surface area contributed by atoms with Crippen LogP contribution in [0.15, 0.2) is 10.9 Å². The van der Waals surface area contributed by atoms with Crippen LogP contribution in [0.4, 0.5) is 5.82 Å². The lowest BCUT2D eigenvalue weighted by atomic mass is 10.7. The topological polar surface area (TPSA) is 24.9 Å². The van der Waals surface area contributed by atoms with E-state index in [1.807, 2.05) is 24.7 Å². The fraction of sp³-hybridized carbons (Fsp3) is 0.571. The number of nitrogens with one attached hydrogen (secondary N) is 1. The summed E-state index contributed by atoms with van der Waals surface area (Å²) in [5.74, 6) is 0.984. The molecule has 1 heterocycles. The lowest BCUT2D eigenvalue weighted by Gasteiger charge is -1.92. The van der Waals surface area contributed by atoms with Crippen LogP contribution in [0.3, 0.4) is 0 Å². The van der Waals surface area contributed by atoms with Gasteiger partial charge in [0.1, 0.15) is 5.82 Å². The van der Waals surface area contributed by atoms with Crippen LogP contribution in [0.5, 0.6) is 0 Å². The molecule has 0 aliphatic heterocycles. The molecular weight excluding hydrogens is 144 g/mol. The molecule has 2 nitrogen and oxygen atoms in total. The van der Waals surface area contributed by atoms with Crippen LogP contribution in [0.25, 0.3) is 0 Å². The van der Waals surface area contributed by atoms with E-state index in [-0.39, 0.29) is 0 Å². The minimum atomic E-state index is 0.948. The molecule has 0 unspecified atom stereocenters. The molecule has 0 amide bonds. The normalized spacial score (nSPS) is 7.90. The summed E-state index contributed by atoms with van der Waals surface area (Å²) in [6.07, 6.45) is 0. The van der Waals surface area contributed by atoms with Crippen molar-refractivity contribution in [2.75, 3.05) is 11.9 Å². The second-order valence-corrected chi connectivity index (χ2v) is 2.12. The summed E-state index contributed by atoms with van der Waals surface area (Å²) >= 11 is 1.61. The number of anilines is 1. The molecule has 0 aliphatic rings. The van der Waals surface area contributed by atoms with Gasteiger partial charge in [-0.25, -0.2) is 4.98 Å². The highest BCUT2D eigenvalue weighted by Crippen LogP contribution is 2.04. The summed E-state index contributed by atoms with van der Waals surface area (Å²) in [7, 11) is 0. The molecule has 1 rings (SSSR count). The minimum absolute atomic E-state index is 0.948. The number of hydrogen-bond acceptors (Lipinski definition) is 3. The van der Waals surface area contributed by atoms with Gasteiger partial charge >= 0.3 is 0 Å². The number of nitrogens with zero attached hydrogens (tertiary/aromatic N) is 1. The van der Waals surface area contributed by atoms with Gasteiger partial charge in [-0.3, -0.25) is 0 Å². The fourth-order valence-electron chi connectivity index (χ4n) is 0.481. The Balaban J connectivity index is 0.000000371. The van der Waals surface area contributed by atoms with E-state index >= 15 is 0 Å². The molecule has 0 bridgehead atoms. The van der Waals surface area contributed by atoms with Gasteiger partial charge in [0.15, 0.2) is 0 Å². The first-order valence-corrected chi connectivity index (χ1v) is 4.50. The van der Waals surface area contributed by atoms with Crippen molar-refractivity contribution in [2.45, 2.75) is 20.8 Å². The number of hydrogen-bond donors (Lipinski definition) is 1. The largest absolute Gasteiger partial charge is 0.370 e. The molecule has 1 N–H and O–H groups in total. The average molecular weight is 158 g/mol. The summed E-state index contributed by atoms with van der Waals surface area (Å²) in [5.41, 5.74) is 1.82. The van der Waals surface area contributed by atoms with Gasteiger partial charge in [-0.15, -0.1) is 11.3 Å². The second-order valence-electron chi connectivity index (χ2n) is 1.40. The van der Waals surface area contributed by atoms with Crippen molar-refractivity contribution in [3.63, 3.8) is 0 Å². The van der Waals surface area contributed by atoms with E-state index < -0.39 is 0 Å². The highest BCUT2D eigenvalue weighted by Gasteiger charge is 1.85. The first-order valence-electron chi connectivity index (χ1n) is 3.55. The van der Waals surface area contributed by atoms with E-state index in [9.17, 15) is 0 Å². The molecular formula is C7H14N2S. The maximum Gasteiger partial charge on any atom is 0.136 e. The number of rotatable bonds is 2. The van der Waals surface area contributed by atoms with Gasteiger partial charge in [-0.2, -0.15) is 0 Å². The Hall–Kier alpha value is -0.570. The van der Waals surface area contributed by atoms with Gasteiger partial charge < -0.3 is 5.32 Å². The van der Waals surface area contributed by atoms with Gasteiger partial charge in [0, 0.05) is 11.9 Å². The average Bonchev–Trinajstić information content (AvgIpc) is 2.46. The molecule has 10 heavy (non-hydrogen) atoms. The maximum atomic E-state index is 4.01. The van der Waals surface area contributed by atoms with Crippen molar-refractivity contribution in [3.05, 3.63) is 10.9 Å². The lowest BCUT2D eigenvalue weighted by Crippen LogP contribution is -1.94. The van der Waals surface area contributed by atoms with Crippen molar-refractivity contribution in [2.24, 2.45) is 0 Å². The third-order valence-corrected chi connectivity index (χ3v) is 1.38. The highest BCUT2D eigenvalue weighted by atomic mass is 32.1. The van der Waals surface area contributed by atoms with E-state index in [0.29, 0.717) is 0 Å². The Labute approximate surface area is 66.3 Å². The lowest BCUT2D eigenvalue weighted by molar-refractivity contribution is 1.18. The van der Waals surface area contributed by atoms with Gasteiger partial charge in [-0.1, -0.05) is 13.8 Å². The minimum Gasteiger partial charge on any atom is -0.370 e. The van der Waals surface area contributed by atoms with E-state index in [0.717, 1.165) is 12.4 Å². The van der Waals surface area contributed by atoms with Gasteiger partial charge in [0.05, 0.1) is 5.51 Å². The Morgan fingerprint density at radius 1 is 1.60 bits per heavy atom. The predicted octanol–water partition coefficient (Wildman–Crippen LogP) is 2.60. The zero-order chi connectivity index (χ0) is 7.82. The van der Waals surface area contributed by atoms with Crippen molar-refractivity contribution in [1.82, 2.24) is 4.98 Å². The molecule has 0 saturated heterocycles. The van der Waals surface area contributed by atoms with Crippen molar-refractivity contribution < 1.29 is 0 Å². The summed E-state index contributed by atoms with van der Waals surface area (Å²) in [6, 6.07) is 0. The van der Waals surface area contributed by atoms with E-state index in [4.69, 9.17) is 0 Å². The molecule has 0 spiro atoms. The zero-order valence-electron chi connectivity index (χ0n) is 6.72. The Bertz CT molecular complexity index is 137. The standard InChI is InChI=1S/C5H8N2S.C2H6/c1-2-6-5-3-8-4-7-5;1-2/h3-4,6H,2H2,1H3;1-2H3. The molecule has 0 aliphatic carbocycles. The highest BCUT2D eigenvalue weighted by molar-refractivity contribution is 7.07. The Morgan fingerprint density at radius 3 is 2.70 bits per heavy atom. The van der Waals surface area contributed by atoms with Crippen molar-refractivity contribution in [3.8, 4) is 0 Å². The predicted molar refractivity (Wildman–Crippen MR) is 47.6 cm³/mol. The third-order valence-electron chi connectivity index (χ3n) is 0.790. The van der Waals surface area contributed by atoms with E-state index in [2.05, 4.69) is 17.2 Å². The Kier molecular flexibility index (Phi) is 6.18. The van der Waals surface area contributed by atoms with Crippen LogP contribution in [-0.2, 0) is 0 Å². The molecule has 0 fully saturated rings. The summed E-state index contributed by atoms with van der Waals surface area (Å²) in [5, 5.41) is 5.08. The van der Waals surface area contributed by atoms with Crippen LogP contribution in [0.2, 0.25) is 0 Å². The molecule has 0 aromatic carbocycles. The quantitative estimate of drug-likeness (QED) is 0.715. The zero-order valence-corrected chi connectivity index (χ0v) is 7.53. The Morgan fingerprint density at radius 2 is 2.30 bits per heavy atom. The van der Waals surface area contributed by atoms with Gasteiger partial charge in [0.2, 0.25) is 0 Å². The molecule has 1 aromatic rings. The van der Waals surface area contributed by atoms with Crippen LogP contribution >= 0.6 is 11.3 Å². The van der Waals surface area contributed by atoms with Crippen molar-refractivity contribution in [1.29, 1.82) is 0 Å². The molecule has 1 aromatic heterocycles. The van der Waals surface area contributed by atoms with Crippen LogP contribution < -0.4 is 5.32 Å². The molecule has 3 heteroatoms.